The van der Waals surface area contributed by atoms with Gasteiger partial charge >= 0.3 is 6.09 Å². The Morgan fingerprint density at radius 2 is 1.65 bits per heavy atom. The Bertz CT molecular complexity index is 2120. The zero-order chi connectivity index (χ0) is 51.1. The lowest BCUT2D eigenvalue weighted by atomic mass is 9.55. The number of non-ortho nitro benzene ring substituents is 1. The van der Waals surface area contributed by atoms with E-state index in [1.165, 1.54) is 63.2 Å². The summed E-state index contributed by atoms with van der Waals surface area (Å²) in [6, 6.07) is 10.8. The third-order valence-electron chi connectivity index (χ3n) is 14.7. The Balaban J connectivity index is 1.40. The Morgan fingerprint density at radius 1 is 0.931 bits per heavy atom. The fraction of sp³-hybridized carbons (Fsp3) is 0.632. The van der Waals surface area contributed by atoms with Crippen LogP contribution in [0.5, 0.6) is 11.5 Å². The minimum Gasteiger partial charge on any atom is -0.459 e. The molecule has 2 amide bonds. The van der Waals surface area contributed by atoms with E-state index in [1.807, 2.05) is 19.1 Å². The monoisotopic (exact) mass is 999 g/mol. The summed E-state index contributed by atoms with van der Waals surface area (Å²) < 4.78 is 26.5. The van der Waals surface area contributed by atoms with Crippen molar-refractivity contribution in [2.24, 2.45) is 22.9 Å². The van der Waals surface area contributed by atoms with E-state index >= 15 is 0 Å². The largest absolute Gasteiger partial charge is 0.459 e. The van der Waals surface area contributed by atoms with Gasteiger partial charge in [0.25, 0.3) is 5.69 Å². The molecule has 396 valence electrons. The number of ether oxygens (including phenoxy) is 4. The molecule has 0 aromatic heterocycles. The summed E-state index contributed by atoms with van der Waals surface area (Å²) in [5, 5.41) is 39.3. The van der Waals surface area contributed by atoms with Crippen molar-refractivity contribution in [3.8, 4) is 11.5 Å². The van der Waals surface area contributed by atoms with E-state index in [2.05, 4.69) is 24.9 Å². The number of nitrogens with one attached hydrogen (secondary N) is 1. The molecule has 6 rings (SSSR count). The summed E-state index contributed by atoms with van der Waals surface area (Å²) in [6.07, 6.45) is 25.8. The average Bonchev–Trinajstić information content (AvgIpc) is 3.39. The molecule has 7 unspecified atom stereocenters. The van der Waals surface area contributed by atoms with E-state index in [-0.39, 0.29) is 55.6 Å². The minimum atomic E-state index is -1.48. The van der Waals surface area contributed by atoms with Crippen LogP contribution in [0, 0.1) is 27.9 Å². The fourth-order valence-electron chi connectivity index (χ4n) is 11.2. The van der Waals surface area contributed by atoms with Gasteiger partial charge in [0, 0.05) is 68.8 Å². The van der Waals surface area contributed by atoms with Crippen LogP contribution >= 0.6 is 0 Å². The Hall–Kier alpha value is -5.09. The van der Waals surface area contributed by atoms with Gasteiger partial charge in [-0.15, -0.1) is 6.58 Å². The number of oxime groups is 1. The van der Waals surface area contributed by atoms with Crippen molar-refractivity contribution in [3.63, 3.8) is 0 Å². The molecule has 1 saturated carbocycles. The third kappa shape index (κ3) is 15.2. The van der Waals surface area contributed by atoms with Crippen molar-refractivity contribution in [3.05, 3.63) is 94.1 Å². The number of benzene rings is 2. The van der Waals surface area contributed by atoms with Crippen LogP contribution in [0.1, 0.15) is 166 Å². The predicted octanol–water partition coefficient (Wildman–Crippen LogP) is 11.7. The van der Waals surface area contributed by atoms with Crippen LogP contribution in [0.25, 0.3) is 6.08 Å². The number of aliphatic hydroxyl groups excluding tert-OH is 2. The van der Waals surface area contributed by atoms with Crippen LogP contribution in [-0.2, 0) is 19.1 Å². The SMILES string of the molecule is C=CCOC12Oc3ccc(OC(=O)NCCCCCCCCCCCC)cc3C3C(CCCCO)C(CCCCO)C=C(C(=NOC4CCCCO4)CC1N(CCC)C(=O)C=Cc1ccc([N+](=O)[O-])cc1)C32. The number of hydrogen-bond donors (Lipinski definition) is 3. The first kappa shape index (κ1) is 56.2. The molecule has 1 saturated heterocycles. The van der Waals surface area contributed by atoms with Crippen LogP contribution in [0.15, 0.2) is 78.0 Å². The van der Waals surface area contributed by atoms with Crippen molar-refractivity contribution < 1.29 is 48.5 Å². The molecule has 2 aliphatic heterocycles. The first-order valence-electron chi connectivity index (χ1n) is 27.2. The number of nitro benzene ring substituents is 1. The molecule has 4 aliphatic rings. The molecule has 0 radical (unpaired) electrons. The van der Waals surface area contributed by atoms with Gasteiger partial charge in [0.05, 0.1) is 29.8 Å². The van der Waals surface area contributed by atoms with Gasteiger partial charge in [0.15, 0.2) is 0 Å². The van der Waals surface area contributed by atoms with Crippen molar-refractivity contribution >= 4 is 29.5 Å². The van der Waals surface area contributed by atoms with E-state index < -0.39 is 35.1 Å². The standard InChI is InChI=1S/C57H82N4O11/c1-4-7-8-9-10-11-12-13-14-18-33-58-56(65)70-45-30-31-50-48(40-45)54-46(23-16-20-36-63)43(22-15-19-35-62)39-47-49(59-72-53-24-17-21-38-68-53)41-51(57(71-50,55(47)54)69-37-6-3)60(34-5-2)52(64)32-27-42-25-28-44(29-26-42)61(66)67/h6,25-32,39-40,43,46,51,53-55,62-63H,3-5,7-24,33-38,41H2,1-2H3,(H,58,65). The molecule has 2 heterocycles. The zero-order valence-electron chi connectivity index (χ0n) is 43.0. The van der Waals surface area contributed by atoms with E-state index in [9.17, 15) is 29.9 Å². The number of aliphatic hydroxyl groups is 2. The topological polar surface area (TPSA) is 192 Å². The second-order valence-electron chi connectivity index (χ2n) is 19.9. The highest BCUT2D eigenvalue weighted by Gasteiger charge is 2.65. The number of fused-ring (bicyclic) bond motifs is 2. The molecular formula is C57H82N4O11. The molecule has 0 spiro atoms. The van der Waals surface area contributed by atoms with Crippen LogP contribution in [-0.4, -0.2) is 95.4 Å². The van der Waals surface area contributed by atoms with E-state index in [4.69, 9.17) is 28.9 Å². The van der Waals surface area contributed by atoms with Crippen LogP contribution in [0.3, 0.4) is 0 Å². The molecule has 2 aromatic carbocycles. The second kappa shape index (κ2) is 29.6. The molecule has 2 aliphatic carbocycles. The van der Waals surface area contributed by atoms with Crippen molar-refractivity contribution in [1.82, 2.24) is 10.2 Å². The van der Waals surface area contributed by atoms with E-state index in [0.29, 0.717) is 68.2 Å². The number of carbonyl (C=O) groups is 2. The smallest absolute Gasteiger partial charge is 0.412 e. The van der Waals surface area contributed by atoms with Gasteiger partial charge in [-0.05, 0) is 111 Å². The lowest BCUT2D eigenvalue weighted by molar-refractivity contribution is -0.384. The van der Waals surface area contributed by atoms with Gasteiger partial charge in [0.2, 0.25) is 18.0 Å². The second-order valence-corrected chi connectivity index (χ2v) is 19.9. The highest BCUT2D eigenvalue weighted by Crippen LogP contribution is 2.62. The van der Waals surface area contributed by atoms with Crippen LogP contribution in [0.2, 0.25) is 0 Å². The van der Waals surface area contributed by atoms with Gasteiger partial charge in [-0.3, -0.25) is 14.9 Å². The number of hydrogen-bond acceptors (Lipinski definition) is 12. The minimum absolute atomic E-state index is 0.00849. The number of rotatable bonds is 31. The number of unbranched alkanes of at least 4 members (excludes halogenated alkanes) is 11. The first-order valence-corrected chi connectivity index (χ1v) is 27.2. The van der Waals surface area contributed by atoms with Crippen molar-refractivity contribution in [2.45, 2.75) is 173 Å². The average molecular weight is 999 g/mol. The summed E-state index contributed by atoms with van der Waals surface area (Å²) in [7, 11) is 0. The van der Waals surface area contributed by atoms with Gasteiger partial charge in [-0.25, -0.2) is 4.79 Å². The van der Waals surface area contributed by atoms with Crippen molar-refractivity contribution in [1.29, 1.82) is 0 Å². The highest BCUT2D eigenvalue weighted by atomic mass is 16.8. The number of nitro groups is 1. The highest BCUT2D eigenvalue weighted by molar-refractivity contribution is 6.03. The maximum atomic E-state index is 14.8. The maximum Gasteiger partial charge on any atom is 0.412 e. The summed E-state index contributed by atoms with van der Waals surface area (Å²) in [5.41, 5.74) is 2.96. The maximum absolute atomic E-state index is 14.8. The molecule has 2 fully saturated rings. The third-order valence-corrected chi connectivity index (χ3v) is 14.7. The number of amides is 2. The predicted molar refractivity (Wildman–Crippen MR) is 280 cm³/mol. The lowest BCUT2D eigenvalue weighted by Crippen LogP contribution is -2.70. The van der Waals surface area contributed by atoms with Crippen LogP contribution < -0.4 is 14.8 Å². The number of allylic oxidation sites excluding steroid dienone is 1. The lowest BCUT2D eigenvalue weighted by Gasteiger charge is -2.60. The molecule has 0 bridgehead atoms. The number of carbonyl (C=O) groups excluding carboxylic acids is 2. The normalized spacial score (nSPS) is 23.9. The van der Waals surface area contributed by atoms with E-state index in [1.54, 1.807) is 35.3 Å². The summed E-state index contributed by atoms with van der Waals surface area (Å²) >= 11 is 0. The van der Waals surface area contributed by atoms with Gasteiger partial charge in [0.1, 0.15) is 17.5 Å². The first-order chi connectivity index (χ1) is 35.2. The van der Waals surface area contributed by atoms with Gasteiger partial charge in [-0.2, -0.15) is 0 Å². The summed E-state index contributed by atoms with van der Waals surface area (Å²) in [6.45, 7) is 9.93. The summed E-state index contributed by atoms with van der Waals surface area (Å²) in [4.78, 5) is 47.3. The van der Waals surface area contributed by atoms with E-state index in [0.717, 1.165) is 68.9 Å². The molecule has 15 heteroatoms. The fourth-order valence-corrected chi connectivity index (χ4v) is 11.2. The quantitative estimate of drug-likeness (QED) is 0.0214. The van der Waals surface area contributed by atoms with Crippen molar-refractivity contribution in [2.75, 3.05) is 39.5 Å². The molecule has 15 nitrogen and oxygen atoms in total. The van der Waals surface area contributed by atoms with Crippen LogP contribution in [0.4, 0.5) is 10.5 Å². The number of nitrogens with zero attached hydrogens (tertiary/aromatic N) is 3. The Labute approximate surface area is 427 Å². The van der Waals surface area contributed by atoms with Gasteiger partial charge < -0.3 is 44.2 Å². The van der Waals surface area contributed by atoms with Gasteiger partial charge in [-0.1, -0.05) is 102 Å². The molecule has 7 atom stereocenters. The Kier molecular flexibility index (Phi) is 23.1. The summed E-state index contributed by atoms with van der Waals surface area (Å²) in [5.74, 6) is -1.76. The molecular weight excluding hydrogens is 917 g/mol. The molecule has 2 aromatic rings. The molecule has 3 N–H and O–H groups in total. The Morgan fingerprint density at radius 3 is 2.32 bits per heavy atom. The molecule has 72 heavy (non-hydrogen) atoms. The zero-order valence-corrected chi connectivity index (χ0v) is 43.0.